The minimum Gasteiger partial charge on any atom is -0.388 e. The van der Waals surface area contributed by atoms with E-state index < -0.39 is 6.10 Å². The monoisotopic (exact) mass is 332 g/mol. The molecule has 2 aromatic carbocycles. The zero-order chi connectivity index (χ0) is 17.1. The van der Waals surface area contributed by atoms with Crippen molar-refractivity contribution in [3.05, 3.63) is 66.2 Å². The van der Waals surface area contributed by atoms with E-state index in [0.717, 1.165) is 47.2 Å². The third-order valence-corrected chi connectivity index (χ3v) is 5.13. The molecule has 128 valence electrons. The van der Waals surface area contributed by atoms with E-state index in [2.05, 4.69) is 29.6 Å². The smallest absolute Gasteiger partial charge is 0.0800 e. The summed E-state index contributed by atoms with van der Waals surface area (Å²) in [4.78, 5) is 4.81. The topological polar surface area (TPSA) is 45.1 Å². The minimum atomic E-state index is -0.458. The molecule has 2 unspecified atom stereocenters. The van der Waals surface area contributed by atoms with Crippen LogP contribution in [0.15, 0.2) is 60.7 Å². The molecule has 3 heteroatoms. The molecular formula is C22H24N2O. The number of nitrogens with one attached hydrogen (secondary N) is 1. The number of piperidine rings is 1. The summed E-state index contributed by atoms with van der Waals surface area (Å²) >= 11 is 0. The van der Waals surface area contributed by atoms with Crippen LogP contribution in [0.25, 0.3) is 22.2 Å². The van der Waals surface area contributed by atoms with E-state index in [1.807, 2.05) is 36.4 Å². The molecule has 2 N–H and O–H groups in total. The van der Waals surface area contributed by atoms with E-state index in [9.17, 15) is 5.11 Å². The maximum absolute atomic E-state index is 11.0. The lowest BCUT2D eigenvalue weighted by molar-refractivity contribution is 0.136. The predicted octanol–water partition coefficient (Wildman–Crippen LogP) is 4.32. The van der Waals surface area contributed by atoms with E-state index >= 15 is 0 Å². The van der Waals surface area contributed by atoms with Crippen LogP contribution in [0, 0.1) is 5.92 Å². The second-order valence-electron chi connectivity index (χ2n) is 6.94. The van der Waals surface area contributed by atoms with Crippen molar-refractivity contribution in [1.29, 1.82) is 0 Å². The van der Waals surface area contributed by atoms with Crippen LogP contribution in [0.3, 0.4) is 0 Å². The first kappa shape index (κ1) is 16.2. The fourth-order valence-electron chi connectivity index (χ4n) is 3.80. The van der Waals surface area contributed by atoms with E-state index in [-0.39, 0.29) is 0 Å². The number of hydrogen-bond donors (Lipinski definition) is 2. The molecule has 0 aliphatic carbocycles. The van der Waals surface area contributed by atoms with Crippen LogP contribution < -0.4 is 5.32 Å². The highest BCUT2D eigenvalue weighted by Crippen LogP contribution is 2.32. The van der Waals surface area contributed by atoms with Gasteiger partial charge in [0, 0.05) is 10.9 Å². The number of aliphatic hydroxyl groups excluding tert-OH is 1. The number of fused-ring (bicyclic) bond motifs is 1. The molecule has 25 heavy (non-hydrogen) atoms. The van der Waals surface area contributed by atoms with Crippen LogP contribution in [0.4, 0.5) is 0 Å². The Bertz CT molecular complexity index is 841. The summed E-state index contributed by atoms with van der Waals surface area (Å²) in [5.74, 6) is 0.538. The fraction of sp³-hybridized carbons (Fsp3) is 0.318. The average molecular weight is 332 g/mol. The van der Waals surface area contributed by atoms with E-state index in [1.165, 1.54) is 12.8 Å². The van der Waals surface area contributed by atoms with Crippen molar-refractivity contribution in [2.45, 2.75) is 25.4 Å². The molecule has 0 saturated carbocycles. The molecule has 3 aromatic rings. The molecule has 0 spiro atoms. The van der Waals surface area contributed by atoms with Gasteiger partial charge in [0.25, 0.3) is 0 Å². The van der Waals surface area contributed by atoms with Gasteiger partial charge in [-0.3, -0.25) is 0 Å². The van der Waals surface area contributed by atoms with Crippen LogP contribution >= 0.6 is 0 Å². The third kappa shape index (κ3) is 3.58. The number of hydrogen-bond acceptors (Lipinski definition) is 3. The van der Waals surface area contributed by atoms with Crippen LogP contribution in [-0.4, -0.2) is 23.2 Å². The van der Waals surface area contributed by atoms with Crippen molar-refractivity contribution in [1.82, 2.24) is 10.3 Å². The zero-order valence-electron chi connectivity index (χ0n) is 14.4. The summed E-state index contributed by atoms with van der Waals surface area (Å²) in [6.45, 7) is 2.11. The zero-order valence-corrected chi connectivity index (χ0v) is 14.4. The molecule has 1 aliphatic rings. The van der Waals surface area contributed by atoms with E-state index in [0.29, 0.717) is 5.92 Å². The van der Waals surface area contributed by atoms with Gasteiger partial charge in [0.05, 0.1) is 17.3 Å². The molecule has 0 amide bonds. The number of pyridine rings is 1. The molecule has 2 heterocycles. The maximum Gasteiger partial charge on any atom is 0.0800 e. The standard InChI is InChI=1S/C22H24N2O/c25-22(13-16-7-6-12-23-15-16)19-14-21(17-8-2-1-3-9-17)24-20-11-5-4-10-18(19)20/h1-5,8-11,14,16,22-23,25H,6-7,12-13,15H2. The lowest BCUT2D eigenvalue weighted by Gasteiger charge is -2.25. The Morgan fingerprint density at radius 2 is 1.88 bits per heavy atom. The number of rotatable bonds is 4. The quantitative estimate of drug-likeness (QED) is 0.748. The summed E-state index contributed by atoms with van der Waals surface area (Å²) in [7, 11) is 0. The summed E-state index contributed by atoms with van der Waals surface area (Å²) in [6.07, 6.45) is 2.73. The lowest BCUT2D eigenvalue weighted by atomic mass is 9.89. The minimum absolute atomic E-state index is 0.458. The van der Waals surface area contributed by atoms with Crippen LogP contribution in [0.1, 0.15) is 30.9 Å². The second kappa shape index (κ2) is 7.34. The highest BCUT2D eigenvalue weighted by atomic mass is 16.3. The van der Waals surface area contributed by atoms with Crippen LogP contribution in [0.2, 0.25) is 0 Å². The number of aromatic nitrogens is 1. The molecule has 1 aromatic heterocycles. The van der Waals surface area contributed by atoms with Gasteiger partial charge < -0.3 is 10.4 Å². The highest BCUT2D eigenvalue weighted by molar-refractivity contribution is 5.85. The summed E-state index contributed by atoms with van der Waals surface area (Å²) in [5, 5.41) is 15.5. The van der Waals surface area contributed by atoms with Crippen LogP contribution in [0.5, 0.6) is 0 Å². The summed E-state index contributed by atoms with van der Waals surface area (Å²) < 4.78 is 0. The average Bonchev–Trinajstić information content (AvgIpc) is 2.68. The molecule has 4 rings (SSSR count). The maximum atomic E-state index is 11.0. The largest absolute Gasteiger partial charge is 0.388 e. The summed E-state index contributed by atoms with van der Waals surface area (Å²) in [6, 6.07) is 20.4. The lowest BCUT2D eigenvalue weighted by Crippen LogP contribution is -2.30. The predicted molar refractivity (Wildman–Crippen MR) is 102 cm³/mol. The Kier molecular flexibility index (Phi) is 4.77. The van der Waals surface area contributed by atoms with Crippen molar-refractivity contribution in [2.24, 2.45) is 5.92 Å². The Balaban J connectivity index is 1.73. The van der Waals surface area contributed by atoms with Gasteiger partial charge in [-0.05, 0) is 56.0 Å². The van der Waals surface area contributed by atoms with Gasteiger partial charge in [-0.1, -0.05) is 48.5 Å². The second-order valence-corrected chi connectivity index (χ2v) is 6.94. The van der Waals surface area contributed by atoms with Gasteiger partial charge in [0.15, 0.2) is 0 Å². The Labute approximate surface area is 148 Å². The number of benzene rings is 2. The van der Waals surface area contributed by atoms with Gasteiger partial charge in [-0.2, -0.15) is 0 Å². The van der Waals surface area contributed by atoms with E-state index in [4.69, 9.17) is 4.98 Å². The molecule has 1 saturated heterocycles. The first-order valence-electron chi connectivity index (χ1n) is 9.15. The van der Waals surface area contributed by atoms with Crippen molar-refractivity contribution in [2.75, 3.05) is 13.1 Å². The van der Waals surface area contributed by atoms with Crippen molar-refractivity contribution >= 4 is 10.9 Å². The SMILES string of the molecule is OC(CC1CCCNC1)c1cc(-c2ccccc2)nc2ccccc12. The fourth-order valence-corrected chi connectivity index (χ4v) is 3.80. The van der Waals surface area contributed by atoms with Crippen LogP contribution in [-0.2, 0) is 0 Å². The molecular weight excluding hydrogens is 308 g/mol. The molecule has 0 bridgehead atoms. The van der Waals surface area contributed by atoms with Gasteiger partial charge in [0.1, 0.15) is 0 Å². The van der Waals surface area contributed by atoms with Gasteiger partial charge in [0.2, 0.25) is 0 Å². The molecule has 0 radical (unpaired) electrons. The first-order valence-corrected chi connectivity index (χ1v) is 9.15. The Hall–Kier alpha value is -2.23. The molecule has 1 fully saturated rings. The van der Waals surface area contributed by atoms with E-state index in [1.54, 1.807) is 0 Å². The van der Waals surface area contributed by atoms with Crippen molar-refractivity contribution < 1.29 is 5.11 Å². The van der Waals surface area contributed by atoms with Crippen molar-refractivity contribution in [3.8, 4) is 11.3 Å². The Morgan fingerprint density at radius 3 is 2.68 bits per heavy atom. The molecule has 2 atom stereocenters. The number of aliphatic hydroxyl groups is 1. The highest BCUT2D eigenvalue weighted by Gasteiger charge is 2.21. The normalized spacial score (nSPS) is 19.0. The van der Waals surface area contributed by atoms with Gasteiger partial charge >= 0.3 is 0 Å². The molecule has 1 aliphatic heterocycles. The van der Waals surface area contributed by atoms with Gasteiger partial charge in [-0.15, -0.1) is 0 Å². The first-order chi connectivity index (χ1) is 12.3. The molecule has 3 nitrogen and oxygen atoms in total. The number of nitrogens with zero attached hydrogens (tertiary/aromatic N) is 1. The van der Waals surface area contributed by atoms with Gasteiger partial charge in [-0.25, -0.2) is 4.98 Å². The number of para-hydroxylation sites is 1. The third-order valence-electron chi connectivity index (χ3n) is 5.13. The Morgan fingerprint density at radius 1 is 1.08 bits per heavy atom. The summed E-state index contributed by atoms with van der Waals surface area (Å²) in [5.41, 5.74) is 3.95. The van der Waals surface area contributed by atoms with Crippen molar-refractivity contribution in [3.63, 3.8) is 0 Å².